The van der Waals surface area contributed by atoms with Crippen molar-refractivity contribution in [1.82, 2.24) is 0 Å². The van der Waals surface area contributed by atoms with E-state index in [1.807, 2.05) is 6.92 Å². The Morgan fingerprint density at radius 1 is 1.25 bits per heavy atom. The minimum Gasteiger partial charge on any atom is -0.480 e. The van der Waals surface area contributed by atoms with E-state index in [0.29, 0.717) is 40.0 Å². The van der Waals surface area contributed by atoms with Gasteiger partial charge in [-0.3, -0.25) is 14.9 Å². The summed E-state index contributed by atoms with van der Waals surface area (Å²) in [6.45, 7) is 3.90. The number of non-ortho nitro benzene ring substituents is 1. The molecule has 0 spiro atoms. The molecule has 0 N–H and O–H groups in total. The summed E-state index contributed by atoms with van der Waals surface area (Å²) in [5.74, 6) is 0.986. The topological polar surface area (TPSA) is 82.6 Å². The van der Waals surface area contributed by atoms with Crippen LogP contribution in [0.5, 0.6) is 5.75 Å². The Kier molecular flexibility index (Phi) is 6.14. The van der Waals surface area contributed by atoms with Crippen LogP contribution in [0.2, 0.25) is 0 Å². The van der Waals surface area contributed by atoms with Crippen LogP contribution in [0.15, 0.2) is 46.9 Å². The van der Waals surface area contributed by atoms with Gasteiger partial charge in [-0.15, -0.1) is 0 Å². The molecule has 1 heterocycles. The van der Waals surface area contributed by atoms with Crippen molar-refractivity contribution < 1.29 is 18.9 Å². The highest BCUT2D eigenvalue weighted by atomic mass is 79.9. The number of alkyl halides is 1. The van der Waals surface area contributed by atoms with E-state index < -0.39 is 4.92 Å². The van der Waals surface area contributed by atoms with Crippen LogP contribution in [0.3, 0.4) is 0 Å². The van der Waals surface area contributed by atoms with E-state index in [1.54, 1.807) is 30.3 Å². The predicted octanol–water partition coefficient (Wildman–Crippen LogP) is 6.03. The number of furan rings is 1. The van der Waals surface area contributed by atoms with Crippen LogP contribution in [0.4, 0.5) is 5.69 Å². The van der Waals surface area contributed by atoms with E-state index >= 15 is 0 Å². The van der Waals surface area contributed by atoms with Gasteiger partial charge in [0.15, 0.2) is 10.8 Å². The van der Waals surface area contributed by atoms with Gasteiger partial charge in [0.1, 0.15) is 17.1 Å². The van der Waals surface area contributed by atoms with Gasteiger partial charge in [0.25, 0.3) is 5.69 Å². The minimum absolute atomic E-state index is 0.0700. The molecule has 0 radical (unpaired) electrons. The maximum atomic E-state index is 13.2. The number of halogens is 1. The van der Waals surface area contributed by atoms with E-state index in [1.165, 1.54) is 12.1 Å². The maximum Gasteiger partial charge on any atom is 0.270 e. The summed E-state index contributed by atoms with van der Waals surface area (Å²) < 4.78 is 11.4. The van der Waals surface area contributed by atoms with Crippen LogP contribution in [0.25, 0.3) is 11.0 Å². The van der Waals surface area contributed by atoms with Gasteiger partial charge in [0.2, 0.25) is 0 Å². The number of ether oxygens (including phenoxy) is 1. The zero-order valence-corrected chi connectivity index (χ0v) is 17.2. The Balaban J connectivity index is 2.06. The van der Waals surface area contributed by atoms with Crippen molar-refractivity contribution in [2.24, 2.45) is 0 Å². The number of carbonyl (C=O) groups is 1. The molecule has 0 saturated heterocycles. The van der Waals surface area contributed by atoms with Crippen LogP contribution in [-0.4, -0.2) is 15.7 Å². The van der Waals surface area contributed by atoms with Crippen LogP contribution in [0.1, 0.15) is 48.4 Å². The predicted molar refractivity (Wildman–Crippen MR) is 110 cm³/mol. The second-order valence-electron chi connectivity index (χ2n) is 6.46. The SMILES string of the molecule is CCCCc1oc2ccc([N+](=O)[O-])cc2c1C(=O)c1ccc(OC(C)Br)cc1. The molecule has 0 bridgehead atoms. The smallest absolute Gasteiger partial charge is 0.270 e. The van der Waals surface area contributed by atoms with Crippen molar-refractivity contribution in [1.29, 1.82) is 0 Å². The number of ketones is 1. The summed E-state index contributed by atoms with van der Waals surface area (Å²) in [6, 6.07) is 11.2. The van der Waals surface area contributed by atoms with Gasteiger partial charge in [-0.2, -0.15) is 0 Å². The molecule has 1 unspecified atom stereocenters. The molecule has 0 amide bonds. The second-order valence-corrected chi connectivity index (χ2v) is 7.75. The van der Waals surface area contributed by atoms with Gasteiger partial charge >= 0.3 is 0 Å². The lowest BCUT2D eigenvalue weighted by Crippen LogP contribution is -2.05. The largest absolute Gasteiger partial charge is 0.480 e. The van der Waals surface area contributed by atoms with Crippen LogP contribution in [-0.2, 0) is 6.42 Å². The lowest BCUT2D eigenvalue weighted by molar-refractivity contribution is -0.384. The van der Waals surface area contributed by atoms with Gasteiger partial charge in [-0.05, 0) is 59.6 Å². The molecular formula is C21H20BrNO5. The number of unbranched alkanes of at least 4 members (excludes halogenated alkanes) is 1. The van der Waals surface area contributed by atoms with Gasteiger partial charge in [-0.1, -0.05) is 13.3 Å². The van der Waals surface area contributed by atoms with Crippen molar-refractivity contribution in [2.75, 3.05) is 0 Å². The Hall–Kier alpha value is -2.67. The summed E-state index contributed by atoms with van der Waals surface area (Å²) in [5, 5.41) is 11.5. The molecular weight excluding hydrogens is 426 g/mol. The Morgan fingerprint density at radius 2 is 1.96 bits per heavy atom. The van der Waals surface area contributed by atoms with E-state index in [2.05, 4.69) is 22.9 Å². The third kappa shape index (κ3) is 4.25. The number of hydrogen-bond donors (Lipinski definition) is 0. The molecule has 0 fully saturated rings. The number of hydrogen-bond acceptors (Lipinski definition) is 5. The average Bonchev–Trinajstić information content (AvgIpc) is 3.03. The van der Waals surface area contributed by atoms with Crippen molar-refractivity contribution in [3.05, 3.63) is 69.5 Å². The van der Waals surface area contributed by atoms with E-state index in [4.69, 9.17) is 9.15 Å². The molecule has 1 aromatic heterocycles. The second kappa shape index (κ2) is 8.56. The first-order chi connectivity index (χ1) is 13.4. The zero-order chi connectivity index (χ0) is 20.3. The molecule has 0 aliphatic heterocycles. The third-order valence-electron chi connectivity index (χ3n) is 4.35. The highest BCUT2D eigenvalue weighted by molar-refractivity contribution is 9.09. The fourth-order valence-corrected chi connectivity index (χ4v) is 3.24. The molecule has 7 heteroatoms. The summed E-state index contributed by atoms with van der Waals surface area (Å²) in [7, 11) is 0. The molecule has 28 heavy (non-hydrogen) atoms. The highest BCUT2D eigenvalue weighted by Crippen LogP contribution is 2.32. The number of fused-ring (bicyclic) bond motifs is 1. The lowest BCUT2D eigenvalue weighted by atomic mass is 9.98. The number of rotatable bonds is 8. The normalized spacial score (nSPS) is 12.1. The Bertz CT molecular complexity index is 1010. The van der Waals surface area contributed by atoms with Crippen molar-refractivity contribution in [2.45, 2.75) is 38.1 Å². The van der Waals surface area contributed by atoms with Crippen molar-refractivity contribution in [3.8, 4) is 5.75 Å². The molecule has 6 nitrogen and oxygen atoms in total. The van der Waals surface area contributed by atoms with Crippen LogP contribution in [0, 0.1) is 10.1 Å². The number of benzene rings is 2. The van der Waals surface area contributed by atoms with Gasteiger partial charge in [0, 0.05) is 29.5 Å². The van der Waals surface area contributed by atoms with Crippen LogP contribution >= 0.6 is 15.9 Å². The number of nitrogens with zero attached hydrogens (tertiary/aromatic N) is 1. The summed E-state index contributed by atoms with van der Waals surface area (Å²) >= 11 is 3.31. The van der Waals surface area contributed by atoms with Crippen LogP contribution < -0.4 is 4.74 Å². The first kappa shape index (κ1) is 20.1. The van der Waals surface area contributed by atoms with E-state index in [9.17, 15) is 14.9 Å². The molecule has 1 atom stereocenters. The van der Waals surface area contributed by atoms with Gasteiger partial charge in [-0.25, -0.2) is 0 Å². The fourth-order valence-electron chi connectivity index (χ4n) is 3.03. The lowest BCUT2D eigenvalue weighted by Gasteiger charge is -2.09. The number of nitro benzene ring substituents is 1. The molecule has 0 aliphatic rings. The summed E-state index contributed by atoms with van der Waals surface area (Å²) in [6.07, 6.45) is 2.40. The highest BCUT2D eigenvalue weighted by Gasteiger charge is 2.23. The molecule has 0 saturated carbocycles. The first-order valence-electron chi connectivity index (χ1n) is 9.06. The van der Waals surface area contributed by atoms with E-state index in [-0.39, 0.29) is 16.5 Å². The average molecular weight is 446 g/mol. The third-order valence-corrected chi connectivity index (χ3v) is 4.54. The quantitative estimate of drug-likeness (QED) is 0.183. The first-order valence-corrected chi connectivity index (χ1v) is 9.97. The van der Waals surface area contributed by atoms with Gasteiger partial charge < -0.3 is 9.15 Å². The molecule has 3 aromatic rings. The molecule has 3 rings (SSSR count). The van der Waals surface area contributed by atoms with Gasteiger partial charge in [0.05, 0.1) is 10.5 Å². The molecule has 0 aliphatic carbocycles. The van der Waals surface area contributed by atoms with Crippen molar-refractivity contribution in [3.63, 3.8) is 0 Å². The monoisotopic (exact) mass is 445 g/mol. The van der Waals surface area contributed by atoms with E-state index in [0.717, 1.165) is 12.8 Å². The number of aryl methyl sites for hydroxylation is 1. The summed E-state index contributed by atoms with van der Waals surface area (Å²) in [4.78, 5) is 23.9. The molecule has 2 aromatic carbocycles. The summed E-state index contributed by atoms with van der Waals surface area (Å²) in [5.41, 5.74) is 1.28. The standard InChI is InChI=1S/C21H20BrNO5/c1-3-4-5-19-20(17-12-15(23(25)26)8-11-18(17)28-19)21(24)14-6-9-16(10-7-14)27-13(2)22/h6-13H,3-5H2,1-2H3. The molecule has 146 valence electrons. The number of carbonyl (C=O) groups excluding carboxylic acids is 1. The fraction of sp³-hybridized carbons (Fsp3) is 0.286. The number of nitro groups is 1. The van der Waals surface area contributed by atoms with Crippen molar-refractivity contribution >= 4 is 38.4 Å². The minimum atomic E-state index is -0.472. The maximum absolute atomic E-state index is 13.2. The Morgan fingerprint density at radius 3 is 2.57 bits per heavy atom. The zero-order valence-electron chi connectivity index (χ0n) is 15.6. The Labute approximate surface area is 170 Å².